The number of esters is 1. The molecular formula is C24H25N3O3S. The molecule has 0 saturated heterocycles. The molecule has 31 heavy (non-hydrogen) atoms. The zero-order valence-corrected chi connectivity index (χ0v) is 18.5. The highest BCUT2D eigenvalue weighted by atomic mass is 32.1. The molecule has 1 aliphatic heterocycles. The van der Waals surface area contributed by atoms with Crippen LogP contribution in [-0.2, 0) is 14.3 Å². The minimum atomic E-state index is -0.425. The van der Waals surface area contributed by atoms with Crippen LogP contribution >= 0.6 is 12.2 Å². The number of methoxy groups -OCH3 is 1. The highest BCUT2D eigenvalue weighted by molar-refractivity contribution is 7.80. The lowest BCUT2D eigenvalue weighted by Crippen LogP contribution is -2.47. The summed E-state index contributed by atoms with van der Waals surface area (Å²) in [6.45, 7) is 4.48. The molecule has 0 aliphatic carbocycles. The van der Waals surface area contributed by atoms with Crippen molar-refractivity contribution in [2.24, 2.45) is 0 Å². The van der Waals surface area contributed by atoms with E-state index in [9.17, 15) is 9.59 Å². The second kappa shape index (κ2) is 10.0. The third kappa shape index (κ3) is 5.19. The van der Waals surface area contributed by atoms with Gasteiger partial charge in [0, 0.05) is 24.0 Å². The highest BCUT2D eigenvalue weighted by Gasteiger charge is 2.33. The van der Waals surface area contributed by atoms with Crippen molar-refractivity contribution in [2.75, 3.05) is 19.0 Å². The van der Waals surface area contributed by atoms with Crippen LogP contribution < -0.4 is 10.6 Å². The van der Waals surface area contributed by atoms with Gasteiger partial charge in [-0.3, -0.25) is 4.79 Å². The van der Waals surface area contributed by atoms with Crippen LogP contribution in [0.4, 0.5) is 5.69 Å². The van der Waals surface area contributed by atoms with Crippen molar-refractivity contribution in [3.63, 3.8) is 0 Å². The number of thiocarbonyl (C=S) groups is 1. The second-order valence-corrected chi connectivity index (χ2v) is 7.36. The Kier molecular flexibility index (Phi) is 7.20. The number of nitrogens with zero attached hydrogens (tertiary/aromatic N) is 1. The molecule has 0 bridgehead atoms. The van der Waals surface area contributed by atoms with E-state index in [-0.39, 0.29) is 5.91 Å². The van der Waals surface area contributed by atoms with Crippen LogP contribution in [0.3, 0.4) is 0 Å². The van der Waals surface area contributed by atoms with Gasteiger partial charge in [-0.15, -0.1) is 0 Å². The van der Waals surface area contributed by atoms with Crippen LogP contribution in [0.1, 0.15) is 31.0 Å². The molecule has 0 fully saturated rings. The van der Waals surface area contributed by atoms with Gasteiger partial charge >= 0.3 is 5.97 Å². The normalized spacial score (nSPS) is 16.3. The lowest BCUT2D eigenvalue weighted by Gasteiger charge is -2.36. The standard InChI is InChI=1S/C24H25N3O3S/c1-4-27-16(2)21(23(29)30-3)22(26-24(27)31)18-11-13-19(14-12-18)25-20(28)15-10-17-8-6-5-7-9-17/h5-15,22H,4H2,1-3H3,(H,25,28)(H,26,31)/b15-10+/t22-/m1/s1. The first-order valence-electron chi connectivity index (χ1n) is 9.95. The first-order valence-corrected chi connectivity index (χ1v) is 10.4. The Labute approximate surface area is 187 Å². The Balaban J connectivity index is 1.77. The smallest absolute Gasteiger partial charge is 0.337 e. The quantitative estimate of drug-likeness (QED) is 0.406. The van der Waals surface area contributed by atoms with E-state index in [1.807, 2.05) is 61.2 Å². The molecule has 0 radical (unpaired) electrons. The molecule has 1 atom stereocenters. The number of ether oxygens (including phenoxy) is 1. The van der Waals surface area contributed by atoms with Crippen molar-refractivity contribution in [1.29, 1.82) is 0 Å². The van der Waals surface area contributed by atoms with E-state index in [4.69, 9.17) is 17.0 Å². The molecular weight excluding hydrogens is 410 g/mol. The summed E-state index contributed by atoms with van der Waals surface area (Å²) in [4.78, 5) is 26.5. The molecule has 2 aromatic carbocycles. The van der Waals surface area contributed by atoms with E-state index in [1.54, 1.807) is 18.2 Å². The molecule has 6 nitrogen and oxygen atoms in total. The minimum Gasteiger partial charge on any atom is -0.466 e. The van der Waals surface area contributed by atoms with E-state index >= 15 is 0 Å². The van der Waals surface area contributed by atoms with Crippen LogP contribution in [0.5, 0.6) is 0 Å². The first kappa shape index (κ1) is 22.2. The summed E-state index contributed by atoms with van der Waals surface area (Å²) in [6.07, 6.45) is 3.25. The summed E-state index contributed by atoms with van der Waals surface area (Å²) in [7, 11) is 1.37. The van der Waals surface area contributed by atoms with Gasteiger partial charge in [-0.25, -0.2) is 4.79 Å². The van der Waals surface area contributed by atoms with Crippen molar-refractivity contribution < 1.29 is 14.3 Å². The van der Waals surface area contributed by atoms with E-state index in [2.05, 4.69) is 10.6 Å². The molecule has 0 spiro atoms. The van der Waals surface area contributed by atoms with Gasteiger partial charge in [0.1, 0.15) is 0 Å². The van der Waals surface area contributed by atoms with Crippen molar-refractivity contribution in [3.8, 4) is 0 Å². The largest absolute Gasteiger partial charge is 0.466 e. The van der Waals surface area contributed by atoms with Gasteiger partial charge in [0.25, 0.3) is 0 Å². The molecule has 1 amide bonds. The number of hydrogen-bond donors (Lipinski definition) is 2. The van der Waals surface area contributed by atoms with Crippen LogP contribution in [0.25, 0.3) is 6.08 Å². The summed E-state index contributed by atoms with van der Waals surface area (Å²) in [5.74, 6) is -0.627. The molecule has 3 rings (SSSR count). The minimum absolute atomic E-state index is 0.224. The first-order chi connectivity index (χ1) is 14.9. The number of anilines is 1. The monoisotopic (exact) mass is 435 g/mol. The van der Waals surface area contributed by atoms with Crippen LogP contribution in [-0.4, -0.2) is 35.5 Å². The molecule has 0 unspecified atom stereocenters. The van der Waals surface area contributed by atoms with E-state index in [1.165, 1.54) is 13.2 Å². The highest BCUT2D eigenvalue weighted by Crippen LogP contribution is 2.31. The van der Waals surface area contributed by atoms with Crippen molar-refractivity contribution in [1.82, 2.24) is 10.2 Å². The summed E-state index contributed by atoms with van der Waals surface area (Å²) in [6, 6.07) is 16.5. The maximum atomic E-state index is 12.5. The number of benzene rings is 2. The van der Waals surface area contributed by atoms with Gasteiger partial charge in [0.2, 0.25) is 5.91 Å². The van der Waals surface area contributed by atoms with Gasteiger partial charge in [-0.2, -0.15) is 0 Å². The predicted octanol–water partition coefficient (Wildman–Crippen LogP) is 4.04. The summed E-state index contributed by atoms with van der Waals surface area (Å²) >= 11 is 5.47. The number of carbonyl (C=O) groups excluding carboxylic acids is 2. The number of rotatable bonds is 6. The summed E-state index contributed by atoms with van der Waals surface area (Å²) in [5.41, 5.74) is 3.73. The fourth-order valence-corrected chi connectivity index (χ4v) is 3.85. The fourth-order valence-electron chi connectivity index (χ4n) is 3.47. The van der Waals surface area contributed by atoms with Crippen molar-refractivity contribution in [2.45, 2.75) is 19.9 Å². The number of carbonyl (C=O) groups is 2. The van der Waals surface area contributed by atoms with Crippen molar-refractivity contribution in [3.05, 3.63) is 83.1 Å². The van der Waals surface area contributed by atoms with Crippen LogP contribution in [0.15, 0.2) is 71.9 Å². The third-order valence-corrected chi connectivity index (χ3v) is 5.39. The Hall–Kier alpha value is -3.45. The molecule has 1 heterocycles. The van der Waals surface area contributed by atoms with E-state index < -0.39 is 12.0 Å². The van der Waals surface area contributed by atoms with E-state index in [0.717, 1.165) is 16.8 Å². The lowest BCUT2D eigenvalue weighted by atomic mass is 9.95. The lowest BCUT2D eigenvalue weighted by molar-refractivity contribution is -0.136. The zero-order valence-electron chi connectivity index (χ0n) is 17.7. The molecule has 160 valence electrons. The van der Waals surface area contributed by atoms with Gasteiger partial charge < -0.3 is 20.3 Å². The van der Waals surface area contributed by atoms with Crippen LogP contribution in [0, 0.1) is 0 Å². The Morgan fingerprint density at radius 1 is 1.16 bits per heavy atom. The van der Waals surface area contributed by atoms with Gasteiger partial charge in [-0.1, -0.05) is 42.5 Å². The Morgan fingerprint density at radius 3 is 2.45 bits per heavy atom. The molecule has 0 saturated carbocycles. The average Bonchev–Trinajstić information content (AvgIpc) is 2.78. The predicted molar refractivity (Wildman–Crippen MR) is 126 cm³/mol. The number of allylic oxidation sites excluding steroid dienone is 1. The Bertz CT molecular complexity index is 1030. The SMILES string of the molecule is CCN1C(=S)N[C@H](c2ccc(NC(=O)/C=C/c3ccccc3)cc2)C(C(=O)OC)=C1C. The fraction of sp³-hybridized carbons (Fsp3) is 0.208. The maximum absolute atomic E-state index is 12.5. The third-order valence-electron chi connectivity index (χ3n) is 5.06. The molecule has 2 N–H and O–H groups in total. The van der Waals surface area contributed by atoms with Gasteiger partial charge in [0.15, 0.2) is 5.11 Å². The molecule has 1 aliphatic rings. The second-order valence-electron chi connectivity index (χ2n) is 6.97. The zero-order chi connectivity index (χ0) is 22.4. The average molecular weight is 436 g/mol. The van der Waals surface area contributed by atoms with Gasteiger partial charge in [0.05, 0.1) is 18.7 Å². The van der Waals surface area contributed by atoms with Crippen molar-refractivity contribution >= 4 is 41.0 Å². The van der Waals surface area contributed by atoms with Crippen LogP contribution in [0.2, 0.25) is 0 Å². The van der Waals surface area contributed by atoms with E-state index in [0.29, 0.717) is 22.9 Å². The number of hydrogen-bond acceptors (Lipinski definition) is 4. The molecule has 2 aromatic rings. The topological polar surface area (TPSA) is 70.7 Å². The number of amides is 1. The maximum Gasteiger partial charge on any atom is 0.337 e. The molecule has 7 heteroatoms. The number of nitrogens with one attached hydrogen (secondary N) is 2. The summed E-state index contributed by atoms with van der Waals surface area (Å²) < 4.78 is 5.01. The Morgan fingerprint density at radius 2 is 1.84 bits per heavy atom. The summed E-state index contributed by atoms with van der Waals surface area (Å²) in [5, 5.41) is 6.62. The van der Waals surface area contributed by atoms with Gasteiger partial charge in [-0.05, 0) is 55.4 Å². The molecule has 0 aromatic heterocycles.